The molecule has 2 N–H and O–H groups in total. The Balaban J connectivity index is 2.41. The van der Waals surface area contributed by atoms with E-state index in [0.717, 1.165) is 17.0 Å². The lowest BCUT2D eigenvalue weighted by Crippen LogP contribution is -2.09. The van der Waals surface area contributed by atoms with Crippen molar-refractivity contribution in [2.45, 2.75) is 25.2 Å². The van der Waals surface area contributed by atoms with Crippen LogP contribution in [-0.4, -0.2) is 25.7 Å². The van der Waals surface area contributed by atoms with E-state index in [4.69, 9.17) is 5.73 Å². The van der Waals surface area contributed by atoms with Crippen molar-refractivity contribution in [2.75, 3.05) is 23.0 Å². The van der Waals surface area contributed by atoms with Crippen LogP contribution in [0.15, 0.2) is 23.1 Å². The van der Waals surface area contributed by atoms with E-state index in [1.54, 1.807) is 18.7 Å². The lowest BCUT2D eigenvalue weighted by atomic mass is 10.2. The van der Waals surface area contributed by atoms with Crippen LogP contribution in [-0.2, 0) is 9.84 Å². The molecule has 0 saturated heterocycles. The normalized spacial score (nSPS) is 11.6. The van der Waals surface area contributed by atoms with Crippen molar-refractivity contribution in [1.82, 2.24) is 0 Å². The quantitative estimate of drug-likeness (QED) is 0.491. The standard InChI is InChI=1S/C12H19NO2S2/c1-3-17(14,15)8-4-7-16-12-6-5-11(13)9-10(12)2/h5-6,9H,3-4,7-8,13H2,1-2H3. The fraction of sp³-hybridized carbons (Fsp3) is 0.500. The summed E-state index contributed by atoms with van der Waals surface area (Å²) in [4.78, 5) is 1.17. The Hall–Kier alpha value is -0.680. The van der Waals surface area contributed by atoms with E-state index >= 15 is 0 Å². The molecule has 3 nitrogen and oxygen atoms in total. The summed E-state index contributed by atoms with van der Waals surface area (Å²) in [6.07, 6.45) is 0.699. The van der Waals surface area contributed by atoms with Gasteiger partial charge in [-0.3, -0.25) is 0 Å². The van der Waals surface area contributed by atoms with Gasteiger partial charge in [0, 0.05) is 16.3 Å². The van der Waals surface area contributed by atoms with Crippen molar-refractivity contribution in [3.63, 3.8) is 0 Å². The molecule has 17 heavy (non-hydrogen) atoms. The number of nitrogens with two attached hydrogens (primary N) is 1. The fourth-order valence-electron chi connectivity index (χ4n) is 1.44. The first kappa shape index (κ1) is 14.4. The number of hydrogen-bond acceptors (Lipinski definition) is 4. The Morgan fingerprint density at radius 1 is 1.35 bits per heavy atom. The van der Waals surface area contributed by atoms with Crippen LogP contribution in [0.2, 0.25) is 0 Å². The van der Waals surface area contributed by atoms with E-state index in [2.05, 4.69) is 0 Å². The van der Waals surface area contributed by atoms with Crippen molar-refractivity contribution in [3.05, 3.63) is 23.8 Å². The predicted octanol–water partition coefficient (Wildman–Crippen LogP) is 2.49. The van der Waals surface area contributed by atoms with Crippen LogP contribution in [0.1, 0.15) is 18.9 Å². The summed E-state index contributed by atoms with van der Waals surface area (Å²) in [6, 6.07) is 5.80. The maximum absolute atomic E-state index is 11.3. The molecule has 0 spiro atoms. The molecule has 0 aliphatic carbocycles. The molecule has 0 radical (unpaired) electrons. The molecule has 1 aromatic rings. The lowest BCUT2D eigenvalue weighted by molar-refractivity contribution is 0.596. The summed E-state index contributed by atoms with van der Waals surface area (Å²) >= 11 is 1.69. The minimum absolute atomic E-state index is 0.235. The number of thioether (sulfide) groups is 1. The first-order valence-electron chi connectivity index (χ1n) is 5.64. The Bertz CT molecular complexity index is 469. The third kappa shape index (κ3) is 5.00. The molecule has 0 heterocycles. The maximum atomic E-state index is 11.3. The van der Waals surface area contributed by atoms with Gasteiger partial charge < -0.3 is 5.73 Å². The van der Waals surface area contributed by atoms with E-state index in [9.17, 15) is 8.42 Å². The highest BCUT2D eigenvalue weighted by Crippen LogP contribution is 2.24. The molecule has 0 bridgehead atoms. The zero-order valence-corrected chi connectivity index (χ0v) is 11.9. The largest absolute Gasteiger partial charge is 0.399 e. The highest BCUT2D eigenvalue weighted by Gasteiger charge is 2.07. The number of hydrogen-bond donors (Lipinski definition) is 1. The van der Waals surface area contributed by atoms with Crippen molar-refractivity contribution < 1.29 is 8.42 Å². The molecule has 0 aliphatic heterocycles. The number of aryl methyl sites for hydroxylation is 1. The Labute approximate surface area is 108 Å². The fourth-order valence-corrected chi connectivity index (χ4v) is 3.45. The van der Waals surface area contributed by atoms with Crippen LogP contribution in [0.4, 0.5) is 5.69 Å². The Morgan fingerprint density at radius 3 is 2.65 bits per heavy atom. The minimum Gasteiger partial charge on any atom is -0.399 e. The van der Waals surface area contributed by atoms with Gasteiger partial charge in [0.2, 0.25) is 0 Å². The van der Waals surface area contributed by atoms with E-state index in [0.29, 0.717) is 6.42 Å². The molecule has 1 rings (SSSR count). The van der Waals surface area contributed by atoms with Crippen molar-refractivity contribution in [3.8, 4) is 0 Å². The van der Waals surface area contributed by atoms with Gasteiger partial charge >= 0.3 is 0 Å². The Morgan fingerprint density at radius 2 is 2.06 bits per heavy atom. The number of anilines is 1. The smallest absolute Gasteiger partial charge is 0.150 e. The number of rotatable bonds is 6. The zero-order valence-electron chi connectivity index (χ0n) is 10.3. The average molecular weight is 273 g/mol. The summed E-state index contributed by atoms with van der Waals surface area (Å²) in [5, 5.41) is 0. The molecule has 0 aliphatic rings. The molecular formula is C12H19NO2S2. The van der Waals surface area contributed by atoms with Crippen LogP contribution in [0.3, 0.4) is 0 Å². The monoisotopic (exact) mass is 273 g/mol. The summed E-state index contributed by atoms with van der Waals surface area (Å²) in [6.45, 7) is 3.70. The first-order valence-corrected chi connectivity index (χ1v) is 8.44. The van der Waals surface area contributed by atoms with E-state index < -0.39 is 9.84 Å². The molecule has 0 amide bonds. The van der Waals surface area contributed by atoms with Gasteiger partial charge in [0.05, 0.1) is 5.75 Å². The molecular weight excluding hydrogens is 254 g/mol. The van der Waals surface area contributed by atoms with Gasteiger partial charge in [-0.2, -0.15) is 0 Å². The highest BCUT2D eigenvalue weighted by molar-refractivity contribution is 7.99. The van der Waals surface area contributed by atoms with Gasteiger partial charge in [-0.15, -0.1) is 11.8 Å². The van der Waals surface area contributed by atoms with Crippen LogP contribution < -0.4 is 5.73 Å². The van der Waals surface area contributed by atoms with Crippen LogP contribution in [0, 0.1) is 6.92 Å². The third-order valence-corrected chi connectivity index (χ3v) is 5.55. The SMILES string of the molecule is CCS(=O)(=O)CCCSc1ccc(N)cc1C. The second-order valence-corrected chi connectivity index (χ2v) is 7.57. The molecule has 0 aromatic heterocycles. The van der Waals surface area contributed by atoms with E-state index in [1.807, 2.05) is 25.1 Å². The zero-order chi connectivity index (χ0) is 12.9. The van der Waals surface area contributed by atoms with Crippen LogP contribution in [0.5, 0.6) is 0 Å². The van der Waals surface area contributed by atoms with Crippen molar-refractivity contribution in [2.24, 2.45) is 0 Å². The Kier molecular flexibility index (Phi) is 5.33. The summed E-state index contributed by atoms with van der Waals surface area (Å²) in [5.41, 5.74) is 7.58. The van der Waals surface area contributed by atoms with Gasteiger partial charge in [0.25, 0.3) is 0 Å². The van der Waals surface area contributed by atoms with E-state index in [1.165, 1.54) is 4.90 Å². The number of nitrogen functional groups attached to an aromatic ring is 1. The van der Waals surface area contributed by atoms with E-state index in [-0.39, 0.29) is 11.5 Å². The van der Waals surface area contributed by atoms with Gasteiger partial charge in [0.15, 0.2) is 0 Å². The molecule has 0 unspecified atom stereocenters. The summed E-state index contributed by atoms with van der Waals surface area (Å²) in [5.74, 6) is 1.34. The van der Waals surface area contributed by atoms with Crippen molar-refractivity contribution >= 4 is 27.3 Å². The summed E-state index contributed by atoms with van der Waals surface area (Å²) < 4.78 is 22.6. The average Bonchev–Trinajstić information content (AvgIpc) is 2.27. The molecule has 0 fully saturated rings. The second kappa shape index (κ2) is 6.31. The second-order valence-electron chi connectivity index (χ2n) is 3.96. The summed E-state index contributed by atoms with van der Waals surface area (Å²) in [7, 11) is -2.82. The van der Waals surface area contributed by atoms with Gasteiger partial charge in [0.1, 0.15) is 9.84 Å². The predicted molar refractivity (Wildman–Crippen MR) is 75.3 cm³/mol. The molecule has 96 valence electrons. The number of sulfone groups is 1. The first-order chi connectivity index (χ1) is 7.94. The van der Waals surface area contributed by atoms with Crippen LogP contribution >= 0.6 is 11.8 Å². The van der Waals surface area contributed by atoms with Crippen molar-refractivity contribution in [1.29, 1.82) is 0 Å². The number of benzene rings is 1. The van der Waals surface area contributed by atoms with Gasteiger partial charge in [-0.1, -0.05) is 6.92 Å². The van der Waals surface area contributed by atoms with Crippen LogP contribution in [0.25, 0.3) is 0 Å². The lowest BCUT2D eigenvalue weighted by Gasteiger charge is -2.06. The molecule has 0 atom stereocenters. The molecule has 5 heteroatoms. The van der Waals surface area contributed by atoms with Gasteiger partial charge in [-0.05, 0) is 42.9 Å². The minimum atomic E-state index is -2.82. The topological polar surface area (TPSA) is 60.2 Å². The molecule has 1 aromatic carbocycles. The maximum Gasteiger partial charge on any atom is 0.150 e. The highest BCUT2D eigenvalue weighted by atomic mass is 32.2. The van der Waals surface area contributed by atoms with Gasteiger partial charge in [-0.25, -0.2) is 8.42 Å². The molecule has 0 saturated carbocycles. The third-order valence-electron chi connectivity index (χ3n) is 2.50.